The molecule has 0 aliphatic heterocycles. The van der Waals surface area contributed by atoms with E-state index in [9.17, 15) is 0 Å². The SMILES string of the molecule is CC(C)C1(C(C)C)c2cc(-c3nnc(-c4ccccc4)n3-c3ccccc3)ccc2-c2cc3oc4ccccc4c3cc21.CC1(C)c2cc(-c3nc(-c4ccccc4)nc(-c4cccc(-c5ccccc5)c4)n3)ccc2-c2c1ccc1oc3cccnc3c21.CC1(C)c2cc(-c3nc(-c4ccccc4)nc(-c4ccccc4)n3)ncc2-c2c1ccc1oc3ccccc3c21. The number of hydrogen-bond acceptors (Lipinski definition) is 13. The molecule has 14 aromatic carbocycles. The van der Waals surface area contributed by atoms with Crippen molar-refractivity contribution in [1.82, 2.24) is 54.6 Å². The van der Waals surface area contributed by atoms with Gasteiger partial charge in [0.15, 0.2) is 52.2 Å². The molecule has 0 saturated carbocycles. The van der Waals surface area contributed by atoms with Gasteiger partial charge in [-0.3, -0.25) is 14.5 Å². The minimum absolute atomic E-state index is 0.174. The van der Waals surface area contributed by atoms with E-state index in [-0.39, 0.29) is 16.2 Å². The van der Waals surface area contributed by atoms with Crippen molar-refractivity contribution in [2.75, 3.05) is 0 Å². The molecule has 0 amide bonds. The first kappa shape index (κ1) is 77.7. The molecule has 3 aliphatic rings. The zero-order valence-electron chi connectivity index (χ0n) is 72.4. The lowest BCUT2D eigenvalue weighted by Gasteiger charge is -2.40. The normalized spacial score (nSPS) is 13.4. The molecule has 0 atom stereocenters. The van der Waals surface area contributed by atoms with Crippen LogP contribution in [0.2, 0.25) is 0 Å². The second-order valence-corrected chi connectivity index (χ2v) is 35.4. The maximum absolute atomic E-state index is 6.36. The first-order valence-corrected chi connectivity index (χ1v) is 44.0. The molecule has 129 heavy (non-hydrogen) atoms. The zero-order chi connectivity index (χ0) is 87.0. The lowest BCUT2D eigenvalue weighted by Crippen LogP contribution is -2.37. The maximum Gasteiger partial charge on any atom is 0.182 e. The van der Waals surface area contributed by atoms with Crippen molar-refractivity contribution in [3.05, 3.63) is 392 Å². The fraction of sp³-hybridized carbons (Fsp3) is 0.113. The van der Waals surface area contributed by atoms with E-state index >= 15 is 0 Å². The Morgan fingerprint density at radius 2 is 0.713 bits per heavy atom. The van der Waals surface area contributed by atoms with Gasteiger partial charge in [-0.25, -0.2) is 29.9 Å². The maximum atomic E-state index is 6.36. The van der Waals surface area contributed by atoms with E-state index in [0.29, 0.717) is 46.8 Å². The number of benzene rings is 14. The summed E-state index contributed by atoms with van der Waals surface area (Å²) in [5, 5.41) is 15.3. The number of para-hydroxylation sites is 3. The first-order chi connectivity index (χ1) is 63.1. The van der Waals surface area contributed by atoms with E-state index in [1.54, 1.807) is 0 Å². The van der Waals surface area contributed by atoms with E-state index in [4.69, 9.17) is 63.3 Å². The lowest BCUT2D eigenvalue weighted by molar-refractivity contribution is 0.280. The molecule has 14 heteroatoms. The summed E-state index contributed by atoms with van der Waals surface area (Å²) in [5.74, 6) is 6.14. The van der Waals surface area contributed by atoms with Gasteiger partial charge in [0.25, 0.3) is 0 Å². The van der Waals surface area contributed by atoms with E-state index in [1.807, 2.05) is 164 Å². The summed E-state index contributed by atoms with van der Waals surface area (Å²) < 4.78 is 21.0. The summed E-state index contributed by atoms with van der Waals surface area (Å²) in [6.07, 6.45) is 3.81. The van der Waals surface area contributed by atoms with E-state index in [0.717, 1.165) is 134 Å². The Morgan fingerprint density at radius 1 is 0.271 bits per heavy atom. The molecule has 0 N–H and O–H groups in total. The van der Waals surface area contributed by atoms with Gasteiger partial charge in [-0.1, -0.05) is 316 Å². The second-order valence-electron chi connectivity index (χ2n) is 35.4. The summed E-state index contributed by atoms with van der Waals surface area (Å²) in [7, 11) is 0. The largest absolute Gasteiger partial charge is 0.456 e. The van der Waals surface area contributed by atoms with Crippen molar-refractivity contribution in [1.29, 1.82) is 0 Å². The van der Waals surface area contributed by atoms with Gasteiger partial charge < -0.3 is 13.3 Å². The Morgan fingerprint density at radius 3 is 1.33 bits per heavy atom. The number of rotatable bonds is 12. The van der Waals surface area contributed by atoms with Crippen LogP contribution in [0.3, 0.4) is 0 Å². The van der Waals surface area contributed by atoms with Gasteiger partial charge in [0.05, 0.1) is 5.39 Å². The molecule has 0 saturated heterocycles. The molecule has 25 rings (SSSR count). The molecule has 0 bridgehead atoms. The third-order valence-corrected chi connectivity index (χ3v) is 26.7. The minimum atomic E-state index is -0.241. The number of fused-ring (bicyclic) bond motifs is 20. The average molecular weight is 1670 g/mol. The molecule has 0 unspecified atom stereocenters. The molecule has 0 fully saturated rings. The Balaban J connectivity index is 0.000000111. The topological polar surface area (TPSA) is 173 Å². The summed E-state index contributed by atoms with van der Waals surface area (Å²) in [6.45, 7) is 18.6. The van der Waals surface area contributed by atoms with E-state index in [1.165, 1.54) is 72.0 Å². The van der Waals surface area contributed by atoms with Crippen LogP contribution in [0.25, 0.3) is 207 Å². The van der Waals surface area contributed by atoms with Crippen molar-refractivity contribution in [3.8, 4) is 141 Å². The molecule has 22 aromatic rings. The van der Waals surface area contributed by atoms with Crippen LogP contribution in [-0.4, -0.2) is 54.6 Å². The van der Waals surface area contributed by atoms with E-state index < -0.39 is 0 Å². The Hall–Kier alpha value is -16.1. The molecule has 8 aromatic heterocycles. The molecular formula is C115H85N11O3. The summed E-state index contributed by atoms with van der Waals surface area (Å²) in [4.78, 5) is 39.4. The summed E-state index contributed by atoms with van der Waals surface area (Å²) in [6, 6.07) is 119. The van der Waals surface area contributed by atoms with Crippen LogP contribution < -0.4 is 0 Å². The Labute approximate surface area is 745 Å². The van der Waals surface area contributed by atoms with Gasteiger partial charge in [0.2, 0.25) is 0 Å². The van der Waals surface area contributed by atoms with Crippen LogP contribution in [0.15, 0.2) is 371 Å². The highest BCUT2D eigenvalue weighted by Crippen LogP contribution is 2.60. The molecular weight excluding hydrogens is 1580 g/mol. The van der Waals surface area contributed by atoms with Gasteiger partial charge >= 0.3 is 0 Å². The van der Waals surface area contributed by atoms with Crippen LogP contribution in [0, 0.1) is 11.8 Å². The highest BCUT2D eigenvalue weighted by Gasteiger charge is 2.49. The standard InChI is InChI=1S/C41H28N4O.C39H33N3O.C35H24N4O/c1-41(2)31-20-21-33-36(37-34(46-33)17-10-22-42-37)35(31)30-19-18-29(24-32(30)41)40-44-38(26-13-7-4-8-14-26)43-39(45-40)28-16-9-15-27(23-28)25-11-5-3-6-12-25;1-24(2)39(25(3)4)33-21-27(38-41-40-37(26-13-7-5-8-14-26)42(38)28-15-9-6-10-16-28)19-20-29(33)31-23-36-32(22-34(31)39)30-17-11-12-18-35(30)43-36;1-35(2)25-17-18-29-31(23-15-9-10-16-28(23)40-29)30(25)24-20-36-27(19-26(24)35)34-38-32(21-11-5-3-6-12-21)37-33(39-34)22-13-7-4-8-14-22/h3-24H,1-2H3;5-25H,1-4H3;3-20H,1-2H3. The third kappa shape index (κ3) is 12.8. The first-order valence-electron chi connectivity index (χ1n) is 44.0. The van der Waals surface area contributed by atoms with Crippen LogP contribution in [0.5, 0.6) is 0 Å². The van der Waals surface area contributed by atoms with Crippen molar-refractivity contribution in [2.45, 2.75) is 71.6 Å². The molecule has 8 heterocycles. The van der Waals surface area contributed by atoms with Gasteiger partial charge in [-0.2, -0.15) is 0 Å². The van der Waals surface area contributed by atoms with Crippen LogP contribution in [-0.2, 0) is 16.2 Å². The monoisotopic (exact) mass is 1670 g/mol. The van der Waals surface area contributed by atoms with Crippen molar-refractivity contribution >= 4 is 65.9 Å². The molecule has 0 radical (unpaired) electrons. The average Bonchev–Trinajstić information content (AvgIpc) is 1.55. The third-order valence-electron chi connectivity index (χ3n) is 26.7. The van der Waals surface area contributed by atoms with E-state index in [2.05, 4.69) is 254 Å². The predicted octanol–water partition coefficient (Wildman–Crippen LogP) is 28.7. The molecule has 3 aliphatic carbocycles. The number of aromatic nitrogens is 11. The molecule has 618 valence electrons. The summed E-state index contributed by atoms with van der Waals surface area (Å²) in [5.41, 5.74) is 31.4. The Kier molecular flexibility index (Phi) is 18.5. The number of nitrogens with zero attached hydrogens (tertiary/aromatic N) is 11. The second kappa shape index (κ2) is 30.7. The number of hydrogen-bond donors (Lipinski definition) is 0. The van der Waals surface area contributed by atoms with Crippen molar-refractivity contribution < 1.29 is 13.3 Å². The lowest BCUT2D eigenvalue weighted by atomic mass is 9.62. The quantitative estimate of drug-likeness (QED) is 0.113. The highest BCUT2D eigenvalue weighted by atomic mass is 16.3. The zero-order valence-corrected chi connectivity index (χ0v) is 72.4. The Bertz CT molecular complexity index is 8120. The minimum Gasteiger partial charge on any atom is -0.456 e. The predicted molar refractivity (Wildman–Crippen MR) is 518 cm³/mol. The van der Waals surface area contributed by atoms with Gasteiger partial charge in [0, 0.05) is 100 Å². The fourth-order valence-corrected chi connectivity index (χ4v) is 20.6. The van der Waals surface area contributed by atoms with Gasteiger partial charge in [-0.15, -0.1) is 10.2 Å². The van der Waals surface area contributed by atoms with Crippen LogP contribution in [0.4, 0.5) is 0 Å². The summed E-state index contributed by atoms with van der Waals surface area (Å²) >= 11 is 0. The number of pyridine rings is 2. The van der Waals surface area contributed by atoms with Gasteiger partial charge in [0.1, 0.15) is 39.1 Å². The van der Waals surface area contributed by atoms with Crippen molar-refractivity contribution in [3.63, 3.8) is 0 Å². The molecule has 14 nitrogen and oxygen atoms in total. The fourth-order valence-electron chi connectivity index (χ4n) is 20.6. The highest BCUT2D eigenvalue weighted by molar-refractivity contribution is 6.16. The van der Waals surface area contributed by atoms with Crippen molar-refractivity contribution in [2.24, 2.45) is 11.8 Å². The number of furan rings is 3. The van der Waals surface area contributed by atoms with Gasteiger partial charge in [-0.05, 0) is 169 Å². The smallest absolute Gasteiger partial charge is 0.182 e. The van der Waals surface area contributed by atoms with Crippen LogP contribution >= 0.6 is 0 Å². The molecule has 0 spiro atoms. The van der Waals surface area contributed by atoms with Crippen LogP contribution in [0.1, 0.15) is 88.8 Å².